The van der Waals surface area contributed by atoms with E-state index in [0.717, 1.165) is 25.7 Å². The lowest BCUT2D eigenvalue weighted by atomic mass is 10.0. The highest BCUT2D eigenvalue weighted by atomic mass is 16.8. The van der Waals surface area contributed by atoms with Gasteiger partial charge in [0.25, 0.3) is 0 Å². The summed E-state index contributed by atoms with van der Waals surface area (Å²) >= 11 is 0. The molecule has 7 heteroatoms. The van der Waals surface area contributed by atoms with Gasteiger partial charge in [0.15, 0.2) is 12.6 Å². The molecular weight excluding hydrogens is 616 g/mol. The highest BCUT2D eigenvalue weighted by Gasteiger charge is 2.20. The van der Waals surface area contributed by atoms with E-state index in [1.807, 2.05) is 0 Å². The summed E-state index contributed by atoms with van der Waals surface area (Å²) in [6.07, 6.45) is 37.7. The van der Waals surface area contributed by atoms with Gasteiger partial charge in [-0.15, -0.1) is 0 Å². The Kier molecular flexibility index (Phi) is 40.3. The molecule has 0 bridgehead atoms. The molecule has 0 saturated carbocycles. The second-order valence-electron chi connectivity index (χ2n) is 14.8. The minimum atomic E-state index is -0.946. The number of ether oxygens (including phenoxy) is 3. The van der Waals surface area contributed by atoms with Crippen molar-refractivity contribution < 1.29 is 34.6 Å². The molecule has 4 N–H and O–H groups in total. The normalized spacial score (nSPS) is 14.3. The van der Waals surface area contributed by atoms with Gasteiger partial charge in [-0.1, -0.05) is 194 Å². The van der Waals surface area contributed by atoms with Gasteiger partial charge in [-0.25, -0.2) is 0 Å². The lowest BCUT2D eigenvalue weighted by molar-refractivity contribution is -0.260. The summed E-state index contributed by atoms with van der Waals surface area (Å²) in [5.41, 5.74) is 0. The molecule has 0 aromatic carbocycles. The Morgan fingerprint density at radius 2 is 0.571 bits per heavy atom. The quantitative estimate of drug-likeness (QED) is 0.0370. The molecule has 49 heavy (non-hydrogen) atoms. The Morgan fingerprint density at radius 3 is 0.796 bits per heavy atom. The van der Waals surface area contributed by atoms with Crippen LogP contribution in [0, 0.1) is 0 Å². The molecule has 0 aliphatic rings. The minimum Gasteiger partial charge on any atom is -0.394 e. The second kappa shape index (κ2) is 40.5. The third kappa shape index (κ3) is 37.3. The highest BCUT2D eigenvalue weighted by molar-refractivity contribution is 4.59. The summed E-state index contributed by atoms with van der Waals surface area (Å²) in [5, 5.41) is 38.3. The SMILES string of the molecule is CCCCCCCCCCCCCCCCCC(OCC(O)CO)OC(CCCCCCCCCCCCCCCCC)OCC(O)CO. The number of rotatable bonds is 42. The van der Waals surface area contributed by atoms with E-state index in [2.05, 4.69) is 13.8 Å². The molecule has 0 spiro atoms. The van der Waals surface area contributed by atoms with Crippen LogP contribution in [0.1, 0.15) is 219 Å². The number of hydrogen-bond acceptors (Lipinski definition) is 7. The fourth-order valence-corrected chi connectivity index (χ4v) is 6.46. The third-order valence-electron chi connectivity index (χ3n) is 9.76. The number of hydrogen-bond donors (Lipinski definition) is 4. The van der Waals surface area contributed by atoms with E-state index in [1.165, 1.54) is 167 Å². The Labute approximate surface area is 304 Å². The van der Waals surface area contributed by atoms with E-state index in [0.29, 0.717) is 12.8 Å². The van der Waals surface area contributed by atoms with Crippen LogP contribution in [0.4, 0.5) is 0 Å². The van der Waals surface area contributed by atoms with Gasteiger partial charge in [-0.2, -0.15) is 0 Å². The summed E-state index contributed by atoms with van der Waals surface area (Å²) in [4.78, 5) is 0. The third-order valence-corrected chi connectivity index (χ3v) is 9.76. The molecule has 0 heterocycles. The molecule has 0 aliphatic carbocycles. The van der Waals surface area contributed by atoms with Crippen molar-refractivity contribution in [2.75, 3.05) is 26.4 Å². The first kappa shape index (κ1) is 48.7. The van der Waals surface area contributed by atoms with Crippen molar-refractivity contribution in [3.8, 4) is 0 Å². The summed E-state index contributed by atoms with van der Waals surface area (Å²) in [7, 11) is 0. The van der Waals surface area contributed by atoms with Crippen molar-refractivity contribution in [3.05, 3.63) is 0 Å². The van der Waals surface area contributed by atoms with Gasteiger partial charge < -0.3 is 34.6 Å². The van der Waals surface area contributed by atoms with Gasteiger partial charge in [0.2, 0.25) is 0 Å². The van der Waals surface area contributed by atoms with E-state index in [4.69, 9.17) is 14.2 Å². The molecule has 0 saturated heterocycles. The maximum atomic E-state index is 9.88. The maximum absolute atomic E-state index is 9.88. The molecule has 0 aromatic heterocycles. The maximum Gasteiger partial charge on any atom is 0.160 e. The van der Waals surface area contributed by atoms with Crippen molar-refractivity contribution in [1.82, 2.24) is 0 Å². The molecule has 0 aromatic rings. The van der Waals surface area contributed by atoms with Gasteiger partial charge in [0.05, 0.1) is 26.4 Å². The summed E-state index contributed by atoms with van der Waals surface area (Å²) in [5.74, 6) is 0. The lowest BCUT2D eigenvalue weighted by Gasteiger charge is -2.26. The highest BCUT2D eigenvalue weighted by Crippen LogP contribution is 2.20. The zero-order chi connectivity index (χ0) is 35.9. The fourth-order valence-electron chi connectivity index (χ4n) is 6.46. The number of unbranched alkanes of at least 4 members (excludes halogenated alkanes) is 28. The first-order chi connectivity index (χ1) is 24.1. The Balaban J connectivity index is 4.27. The van der Waals surface area contributed by atoms with Crippen molar-refractivity contribution in [2.24, 2.45) is 0 Å². The van der Waals surface area contributed by atoms with Gasteiger partial charge >= 0.3 is 0 Å². The molecule has 0 rings (SSSR count). The van der Waals surface area contributed by atoms with E-state index in [1.54, 1.807) is 0 Å². The molecule has 296 valence electrons. The van der Waals surface area contributed by atoms with Crippen molar-refractivity contribution in [2.45, 2.75) is 244 Å². The second-order valence-corrected chi connectivity index (χ2v) is 14.8. The lowest BCUT2D eigenvalue weighted by Crippen LogP contribution is -2.32. The van der Waals surface area contributed by atoms with Crippen LogP contribution in [0.5, 0.6) is 0 Å². The largest absolute Gasteiger partial charge is 0.394 e. The predicted molar refractivity (Wildman–Crippen MR) is 206 cm³/mol. The van der Waals surface area contributed by atoms with Crippen LogP contribution >= 0.6 is 0 Å². The average Bonchev–Trinajstić information content (AvgIpc) is 3.11. The molecule has 0 amide bonds. The van der Waals surface area contributed by atoms with Gasteiger partial charge in [0, 0.05) is 0 Å². The summed E-state index contributed by atoms with van der Waals surface area (Å²) in [6, 6.07) is 0. The zero-order valence-electron chi connectivity index (χ0n) is 32.8. The van der Waals surface area contributed by atoms with Crippen LogP contribution in [-0.4, -0.2) is 71.6 Å². The summed E-state index contributed by atoms with van der Waals surface area (Å²) < 4.78 is 18.0. The van der Waals surface area contributed by atoms with Crippen LogP contribution in [-0.2, 0) is 14.2 Å². The standard InChI is InChI=1S/C42H86O7/c1-3-5-7-9-11-13-15-17-19-21-23-25-27-29-31-33-41(47-37-39(45)35-43)49-42(48-38-40(46)36-44)34-32-30-28-26-24-22-20-18-16-14-12-10-8-6-4-2/h39-46H,3-38H2,1-2H3. The van der Waals surface area contributed by atoms with Crippen LogP contribution in [0.15, 0.2) is 0 Å². The molecule has 0 fully saturated rings. The minimum absolute atomic E-state index is 0.00481. The molecule has 0 radical (unpaired) electrons. The number of aliphatic hydroxyl groups is 4. The van der Waals surface area contributed by atoms with Crippen molar-refractivity contribution in [3.63, 3.8) is 0 Å². The van der Waals surface area contributed by atoms with Crippen LogP contribution < -0.4 is 0 Å². The smallest absolute Gasteiger partial charge is 0.160 e. The van der Waals surface area contributed by atoms with Crippen LogP contribution in [0.3, 0.4) is 0 Å². The van der Waals surface area contributed by atoms with Gasteiger partial charge in [-0.05, 0) is 25.7 Å². The Morgan fingerprint density at radius 1 is 0.347 bits per heavy atom. The van der Waals surface area contributed by atoms with Crippen LogP contribution in [0.2, 0.25) is 0 Å². The van der Waals surface area contributed by atoms with Gasteiger partial charge in [0.1, 0.15) is 12.2 Å². The van der Waals surface area contributed by atoms with E-state index < -0.39 is 24.8 Å². The Hall–Kier alpha value is -0.280. The monoisotopic (exact) mass is 703 g/mol. The first-order valence-corrected chi connectivity index (χ1v) is 21.5. The molecular formula is C42H86O7. The molecule has 4 unspecified atom stereocenters. The summed E-state index contributed by atoms with van der Waals surface area (Å²) in [6.45, 7) is 3.85. The Bertz CT molecular complexity index is 558. The zero-order valence-corrected chi connectivity index (χ0v) is 32.8. The van der Waals surface area contributed by atoms with Crippen molar-refractivity contribution >= 4 is 0 Å². The first-order valence-electron chi connectivity index (χ1n) is 21.5. The number of aliphatic hydroxyl groups excluding tert-OH is 4. The van der Waals surface area contributed by atoms with E-state index in [9.17, 15) is 20.4 Å². The molecule has 4 atom stereocenters. The van der Waals surface area contributed by atoms with E-state index in [-0.39, 0.29) is 26.4 Å². The predicted octanol–water partition coefficient (Wildman–Crippen LogP) is 10.9. The average molecular weight is 703 g/mol. The van der Waals surface area contributed by atoms with Crippen molar-refractivity contribution in [1.29, 1.82) is 0 Å². The van der Waals surface area contributed by atoms with Crippen LogP contribution in [0.25, 0.3) is 0 Å². The fraction of sp³-hybridized carbons (Fsp3) is 1.00. The topological polar surface area (TPSA) is 109 Å². The van der Waals surface area contributed by atoms with Gasteiger partial charge in [-0.3, -0.25) is 0 Å². The molecule has 0 aliphatic heterocycles. The molecule has 7 nitrogen and oxygen atoms in total. The van der Waals surface area contributed by atoms with E-state index >= 15 is 0 Å².